The molecule has 1 unspecified atom stereocenters. The fourth-order valence-electron chi connectivity index (χ4n) is 2.94. The van der Waals surface area contributed by atoms with Crippen LogP contribution in [0.2, 0.25) is 0 Å². The Hall–Kier alpha value is -1.04. The van der Waals surface area contributed by atoms with Gasteiger partial charge in [0, 0.05) is 17.9 Å². The van der Waals surface area contributed by atoms with Gasteiger partial charge in [0.25, 0.3) is 0 Å². The van der Waals surface area contributed by atoms with Crippen LogP contribution in [0.4, 0.5) is 0 Å². The summed E-state index contributed by atoms with van der Waals surface area (Å²) in [6, 6.07) is -0.0145. The Morgan fingerprint density at radius 1 is 1.21 bits per heavy atom. The standard InChI is InChI=1S/C14H25N5/c1-14(2,19-9-5-3-4-6-10-19)13(18-15)12-11-16-7-8-17-12/h7-8,11,13,18H,3-6,9-10,15H2,1-2H3. The Morgan fingerprint density at radius 3 is 2.42 bits per heavy atom. The molecule has 1 saturated heterocycles. The predicted molar refractivity (Wildman–Crippen MR) is 76.2 cm³/mol. The lowest BCUT2D eigenvalue weighted by molar-refractivity contribution is 0.0817. The maximum absolute atomic E-state index is 5.79. The van der Waals surface area contributed by atoms with Crippen LogP contribution < -0.4 is 11.3 Å². The SMILES string of the molecule is CC(C)(C(NN)c1cnccn1)N1CCCCCC1. The molecule has 1 aromatic rings. The highest BCUT2D eigenvalue weighted by Gasteiger charge is 2.36. The molecule has 3 N–H and O–H groups in total. The third-order valence-corrected chi connectivity index (χ3v) is 4.17. The number of rotatable bonds is 4. The molecule has 0 amide bonds. The average molecular weight is 263 g/mol. The second kappa shape index (κ2) is 6.41. The average Bonchev–Trinajstić information content (AvgIpc) is 2.70. The fourth-order valence-corrected chi connectivity index (χ4v) is 2.94. The van der Waals surface area contributed by atoms with Crippen LogP contribution in [0.1, 0.15) is 51.3 Å². The molecule has 1 atom stereocenters. The van der Waals surface area contributed by atoms with Crippen molar-refractivity contribution in [2.75, 3.05) is 13.1 Å². The normalized spacial score (nSPS) is 19.9. The van der Waals surface area contributed by atoms with E-state index >= 15 is 0 Å². The second-order valence-corrected chi connectivity index (χ2v) is 5.78. The van der Waals surface area contributed by atoms with Crippen molar-refractivity contribution in [1.82, 2.24) is 20.3 Å². The van der Waals surface area contributed by atoms with Gasteiger partial charge in [-0.05, 0) is 39.8 Å². The molecule has 1 aromatic heterocycles. The molecule has 5 heteroatoms. The molecule has 2 rings (SSSR count). The number of nitrogens with one attached hydrogen (secondary N) is 1. The minimum Gasteiger partial charge on any atom is -0.296 e. The van der Waals surface area contributed by atoms with Gasteiger partial charge in [-0.1, -0.05) is 12.8 Å². The molecule has 0 aliphatic carbocycles. The van der Waals surface area contributed by atoms with Crippen LogP contribution in [-0.4, -0.2) is 33.5 Å². The van der Waals surface area contributed by atoms with Crippen molar-refractivity contribution in [1.29, 1.82) is 0 Å². The van der Waals surface area contributed by atoms with Crippen molar-refractivity contribution in [3.63, 3.8) is 0 Å². The Bertz CT molecular complexity index is 371. The number of aromatic nitrogens is 2. The molecule has 5 nitrogen and oxygen atoms in total. The first-order chi connectivity index (χ1) is 9.16. The van der Waals surface area contributed by atoms with E-state index in [1.54, 1.807) is 18.6 Å². The van der Waals surface area contributed by atoms with Crippen LogP contribution in [0.3, 0.4) is 0 Å². The van der Waals surface area contributed by atoms with Gasteiger partial charge in [-0.25, -0.2) is 5.43 Å². The second-order valence-electron chi connectivity index (χ2n) is 5.78. The van der Waals surface area contributed by atoms with E-state index < -0.39 is 0 Å². The molecule has 106 valence electrons. The molecule has 2 heterocycles. The van der Waals surface area contributed by atoms with Crippen LogP contribution in [0.25, 0.3) is 0 Å². The molecule has 0 aromatic carbocycles. The highest BCUT2D eigenvalue weighted by molar-refractivity contribution is 5.10. The molecule has 0 radical (unpaired) electrons. The van der Waals surface area contributed by atoms with E-state index in [1.165, 1.54) is 25.7 Å². The summed E-state index contributed by atoms with van der Waals surface area (Å²) in [6.07, 6.45) is 10.4. The largest absolute Gasteiger partial charge is 0.296 e. The molecule has 0 spiro atoms. The first kappa shape index (κ1) is 14.4. The Labute approximate surface area is 115 Å². The number of likely N-dealkylation sites (tertiary alicyclic amines) is 1. The van der Waals surface area contributed by atoms with Crippen LogP contribution in [-0.2, 0) is 0 Å². The topological polar surface area (TPSA) is 67.1 Å². The van der Waals surface area contributed by atoms with Crippen molar-refractivity contribution < 1.29 is 0 Å². The van der Waals surface area contributed by atoms with Gasteiger partial charge in [0.2, 0.25) is 0 Å². The summed E-state index contributed by atoms with van der Waals surface area (Å²) in [4.78, 5) is 11.1. The summed E-state index contributed by atoms with van der Waals surface area (Å²) < 4.78 is 0. The number of hydrazine groups is 1. The van der Waals surface area contributed by atoms with E-state index in [-0.39, 0.29) is 11.6 Å². The summed E-state index contributed by atoms with van der Waals surface area (Å²) in [5.41, 5.74) is 3.76. The van der Waals surface area contributed by atoms with E-state index in [2.05, 4.69) is 34.1 Å². The first-order valence-electron chi connectivity index (χ1n) is 7.13. The zero-order valence-electron chi connectivity index (χ0n) is 12.0. The predicted octanol–water partition coefficient (Wildman–Crippen LogP) is 1.64. The quantitative estimate of drug-likeness (QED) is 0.638. The number of nitrogens with zero attached hydrogens (tertiary/aromatic N) is 3. The van der Waals surface area contributed by atoms with Gasteiger partial charge >= 0.3 is 0 Å². The van der Waals surface area contributed by atoms with Crippen LogP contribution in [0, 0.1) is 0 Å². The molecule has 1 aliphatic rings. The van der Waals surface area contributed by atoms with E-state index in [4.69, 9.17) is 5.84 Å². The molecule has 1 fully saturated rings. The van der Waals surface area contributed by atoms with Crippen LogP contribution in [0.5, 0.6) is 0 Å². The Balaban J connectivity index is 2.19. The van der Waals surface area contributed by atoms with Crippen molar-refractivity contribution in [3.05, 3.63) is 24.3 Å². The number of hydrogen-bond acceptors (Lipinski definition) is 5. The van der Waals surface area contributed by atoms with Gasteiger partial charge in [-0.3, -0.25) is 20.7 Å². The third-order valence-electron chi connectivity index (χ3n) is 4.17. The van der Waals surface area contributed by atoms with Crippen molar-refractivity contribution >= 4 is 0 Å². The van der Waals surface area contributed by atoms with Crippen LogP contribution in [0.15, 0.2) is 18.6 Å². The molecule has 0 saturated carbocycles. The summed E-state index contributed by atoms with van der Waals surface area (Å²) in [5, 5.41) is 0. The highest BCUT2D eigenvalue weighted by Crippen LogP contribution is 2.31. The van der Waals surface area contributed by atoms with Gasteiger partial charge < -0.3 is 0 Å². The minimum absolute atomic E-state index is 0.0145. The molecular formula is C14H25N5. The lowest BCUT2D eigenvalue weighted by atomic mass is 9.90. The smallest absolute Gasteiger partial charge is 0.0825 e. The van der Waals surface area contributed by atoms with E-state index in [9.17, 15) is 0 Å². The van der Waals surface area contributed by atoms with Crippen LogP contribution >= 0.6 is 0 Å². The zero-order chi connectivity index (χ0) is 13.7. The van der Waals surface area contributed by atoms with E-state index in [1.807, 2.05) is 0 Å². The monoisotopic (exact) mass is 263 g/mol. The number of nitrogens with two attached hydrogens (primary N) is 1. The molecule has 1 aliphatic heterocycles. The minimum atomic E-state index is -0.0743. The maximum Gasteiger partial charge on any atom is 0.0825 e. The summed E-state index contributed by atoms with van der Waals surface area (Å²) in [6.45, 7) is 6.73. The van der Waals surface area contributed by atoms with Gasteiger partial charge in [0.15, 0.2) is 0 Å². The fraction of sp³-hybridized carbons (Fsp3) is 0.714. The van der Waals surface area contributed by atoms with Crippen molar-refractivity contribution in [2.24, 2.45) is 5.84 Å². The molecule has 19 heavy (non-hydrogen) atoms. The Morgan fingerprint density at radius 2 is 1.89 bits per heavy atom. The zero-order valence-corrected chi connectivity index (χ0v) is 12.0. The van der Waals surface area contributed by atoms with Gasteiger partial charge in [0.1, 0.15) is 0 Å². The van der Waals surface area contributed by atoms with Gasteiger partial charge in [-0.2, -0.15) is 0 Å². The lowest BCUT2D eigenvalue weighted by Crippen LogP contribution is -2.54. The lowest BCUT2D eigenvalue weighted by Gasteiger charge is -2.43. The third kappa shape index (κ3) is 3.29. The Kier molecular flexibility index (Phi) is 4.85. The summed E-state index contributed by atoms with van der Waals surface area (Å²) in [5.74, 6) is 5.79. The summed E-state index contributed by atoms with van der Waals surface area (Å²) in [7, 11) is 0. The van der Waals surface area contributed by atoms with Gasteiger partial charge in [-0.15, -0.1) is 0 Å². The van der Waals surface area contributed by atoms with E-state index in [0.29, 0.717) is 0 Å². The van der Waals surface area contributed by atoms with Crippen molar-refractivity contribution in [3.8, 4) is 0 Å². The van der Waals surface area contributed by atoms with Gasteiger partial charge in [0.05, 0.1) is 17.9 Å². The maximum atomic E-state index is 5.79. The van der Waals surface area contributed by atoms with Crippen molar-refractivity contribution in [2.45, 2.75) is 51.1 Å². The molecular weight excluding hydrogens is 238 g/mol. The highest BCUT2D eigenvalue weighted by atomic mass is 15.3. The number of hydrogen-bond donors (Lipinski definition) is 2. The summed E-state index contributed by atoms with van der Waals surface area (Å²) >= 11 is 0. The first-order valence-corrected chi connectivity index (χ1v) is 7.13. The molecule has 0 bridgehead atoms. The van der Waals surface area contributed by atoms with E-state index in [0.717, 1.165) is 18.8 Å².